The van der Waals surface area contributed by atoms with Gasteiger partial charge in [-0.25, -0.2) is 4.79 Å². The first-order chi connectivity index (χ1) is 7.02. The number of carboxylic acid groups (broad SMARTS) is 1. The number of carboxylic acids is 1. The molecule has 0 aliphatic rings. The molecular formula is C9H17NO5. The quantitative estimate of drug-likeness (QED) is 0.610. The highest BCUT2D eigenvalue weighted by Crippen LogP contribution is 1.96. The van der Waals surface area contributed by atoms with Gasteiger partial charge in [0.15, 0.2) is 0 Å². The van der Waals surface area contributed by atoms with E-state index < -0.39 is 24.0 Å². The molecule has 0 radical (unpaired) electrons. The Labute approximate surface area is 88.6 Å². The Balaban J connectivity index is 4.16. The van der Waals surface area contributed by atoms with Crippen molar-refractivity contribution in [3.8, 4) is 0 Å². The van der Waals surface area contributed by atoms with Crippen LogP contribution in [0.25, 0.3) is 0 Å². The largest absolute Gasteiger partial charge is 0.480 e. The number of ether oxygens (including phenoxy) is 2. The third kappa shape index (κ3) is 5.34. The number of methoxy groups -OCH3 is 2. The van der Waals surface area contributed by atoms with E-state index in [4.69, 9.17) is 14.6 Å². The maximum atomic E-state index is 11.3. The first kappa shape index (κ1) is 13.9. The van der Waals surface area contributed by atoms with Crippen LogP contribution in [0.1, 0.15) is 13.3 Å². The lowest BCUT2D eigenvalue weighted by atomic mass is 10.2. The van der Waals surface area contributed by atoms with E-state index in [1.807, 2.05) is 0 Å². The molecule has 0 aliphatic heterocycles. The Morgan fingerprint density at radius 3 is 2.40 bits per heavy atom. The molecule has 15 heavy (non-hydrogen) atoms. The zero-order chi connectivity index (χ0) is 11.8. The first-order valence-electron chi connectivity index (χ1n) is 4.57. The van der Waals surface area contributed by atoms with Gasteiger partial charge < -0.3 is 19.9 Å². The second-order valence-corrected chi connectivity index (χ2v) is 3.06. The number of rotatable bonds is 7. The van der Waals surface area contributed by atoms with Crippen molar-refractivity contribution in [1.82, 2.24) is 5.32 Å². The molecule has 0 rings (SSSR count). The molecule has 0 aromatic carbocycles. The van der Waals surface area contributed by atoms with Gasteiger partial charge in [-0.05, 0) is 6.92 Å². The van der Waals surface area contributed by atoms with Crippen molar-refractivity contribution in [3.63, 3.8) is 0 Å². The molecule has 0 bridgehead atoms. The molecule has 0 aromatic heterocycles. The van der Waals surface area contributed by atoms with E-state index in [2.05, 4.69) is 5.32 Å². The SMILES string of the molecule is COCCC(NC(=O)C(C)OC)C(=O)O. The number of nitrogens with one attached hydrogen (secondary N) is 1. The van der Waals surface area contributed by atoms with Gasteiger partial charge in [0.25, 0.3) is 0 Å². The fourth-order valence-electron chi connectivity index (χ4n) is 0.889. The van der Waals surface area contributed by atoms with Gasteiger partial charge in [-0.15, -0.1) is 0 Å². The molecule has 0 saturated carbocycles. The summed E-state index contributed by atoms with van der Waals surface area (Å²) in [5.74, 6) is -1.52. The summed E-state index contributed by atoms with van der Waals surface area (Å²) >= 11 is 0. The predicted octanol–water partition coefficient (Wildman–Crippen LogP) is -0.373. The minimum absolute atomic E-state index is 0.230. The molecule has 2 unspecified atom stereocenters. The van der Waals surface area contributed by atoms with Gasteiger partial charge in [-0.3, -0.25) is 4.79 Å². The molecule has 1 amide bonds. The van der Waals surface area contributed by atoms with Crippen LogP contribution in [-0.4, -0.2) is 50.0 Å². The summed E-state index contributed by atoms with van der Waals surface area (Å²) in [4.78, 5) is 22.1. The molecule has 0 aromatic rings. The van der Waals surface area contributed by atoms with Crippen LogP contribution in [0.3, 0.4) is 0 Å². The highest BCUT2D eigenvalue weighted by atomic mass is 16.5. The Morgan fingerprint density at radius 2 is 2.00 bits per heavy atom. The molecule has 2 atom stereocenters. The van der Waals surface area contributed by atoms with Crippen molar-refractivity contribution in [2.45, 2.75) is 25.5 Å². The van der Waals surface area contributed by atoms with E-state index in [9.17, 15) is 9.59 Å². The summed E-state index contributed by atoms with van der Waals surface area (Å²) in [6, 6.07) is -0.935. The molecule has 6 nitrogen and oxygen atoms in total. The van der Waals surface area contributed by atoms with Crippen molar-refractivity contribution in [2.24, 2.45) is 0 Å². The van der Waals surface area contributed by atoms with Gasteiger partial charge >= 0.3 is 5.97 Å². The topological polar surface area (TPSA) is 84.9 Å². The standard InChI is InChI=1S/C9H17NO5/c1-6(15-3)8(11)10-7(9(12)13)4-5-14-2/h6-7H,4-5H2,1-3H3,(H,10,11)(H,12,13). The average Bonchev–Trinajstić information content (AvgIpc) is 2.22. The average molecular weight is 219 g/mol. The molecule has 88 valence electrons. The normalized spacial score (nSPS) is 14.3. The summed E-state index contributed by atoms with van der Waals surface area (Å²) in [5, 5.41) is 11.2. The molecule has 0 aliphatic carbocycles. The molecule has 6 heteroatoms. The van der Waals surface area contributed by atoms with Crippen molar-refractivity contribution < 1.29 is 24.2 Å². The van der Waals surface area contributed by atoms with Gasteiger partial charge in [0.1, 0.15) is 12.1 Å². The van der Waals surface area contributed by atoms with E-state index in [0.29, 0.717) is 0 Å². The van der Waals surface area contributed by atoms with Gasteiger partial charge in [-0.2, -0.15) is 0 Å². The summed E-state index contributed by atoms with van der Waals surface area (Å²) < 4.78 is 9.51. The van der Waals surface area contributed by atoms with E-state index in [-0.39, 0.29) is 13.0 Å². The van der Waals surface area contributed by atoms with Crippen LogP contribution < -0.4 is 5.32 Å². The van der Waals surface area contributed by atoms with Crippen LogP contribution in [-0.2, 0) is 19.1 Å². The molecule has 0 saturated heterocycles. The number of aliphatic carboxylic acids is 1. The van der Waals surface area contributed by atoms with E-state index in [1.54, 1.807) is 6.92 Å². The van der Waals surface area contributed by atoms with Crippen molar-refractivity contribution in [3.05, 3.63) is 0 Å². The van der Waals surface area contributed by atoms with Crippen LogP contribution in [0.5, 0.6) is 0 Å². The number of amides is 1. The number of hydrogen-bond donors (Lipinski definition) is 2. The minimum atomic E-state index is -1.08. The Hall–Kier alpha value is -1.14. The van der Waals surface area contributed by atoms with Gasteiger partial charge in [-0.1, -0.05) is 0 Å². The van der Waals surface area contributed by atoms with Crippen molar-refractivity contribution >= 4 is 11.9 Å². The lowest BCUT2D eigenvalue weighted by Crippen LogP contribution is -2.45. The fraction of sp³-hybridized carbons (Fsp3) is 0.778. The molecule has 0 fully saturated rings. The van der Waals surface area contributed by atoms with E-state index in [0.717, 1.165) is 0 Å². The van der Waals surface area contributed by atoms with E-state index >= 15 is 0 Å². The lowest BCUT2D eigenvalue weighted by Gasteiger charge is -2.16. The summed E-state index contributed by atoms with van der Waals surface area (Å²) in [5.41, 5.74) is 0. The third-order valence-electron chi connectivity index (χ3n) is 1.95. The number of hydrogen-bond acceptors (Lipinski definition) is 4. The molecule has 0 heterocycles. The van der Waals surface area contributed by atoms with E-state index in [1.165, 1.54) is 14.2 Å². The monoisotopic (exact) mass is 219 g/mol. The highest BCUT2D eigenvalue weighted by molar-refractivity contribution is 5.85. The van der Waals surface area contributed by atoms with Crippen LogP contribution >= 0.6 is 0 Å². The fourth-order valence-corrected chi connectivity index (χ4v) is 0.889. The van der Waals surface area contributed by atoms with Crippen molar-refractivity contribution in [1.29, 1.82) is 0 Å². The van der Waals surface area contributed by atoms with Crippen molar-refractivity contribution in [2.75, 3.05) is 20.8 Å². The van der Waals surface area contributed by atoms with Crippen LogP contribution in [0, 0.1) is 0 Å². The van der Waals surface area contributed by atoms with Gasteiger partial charge in [0.2, 0.25) is 5.91 Å². The summed E-state index contributed by atoms with van der Waals surface area (Å²) in [6.07, 6.45) is -0.428. The zero-order valence-electron chi connectivity index (χ0n) is 9.15. The minimum Gasteiger partial charge on any atom is -0.480 e. The number of carbonyl (C=O) groups excluding carboxylic acids is 1. The second kappa shape index (κ2) is 7.19. The molecular weight excluding hydrogens is 202 g/mol. The highest BCUT2D eigenvalue weighted by Gasteiger charge is 2.22. The Bertz CT molecular complexity index is 219. The van der Waals surface area contributed by atoms with Gasteiger partial charge in [0.05, 0.1) is 0 Å². The lowest BCUT2D eigenvalue weighted by molar-refractivity contribution is -0.144. The maximum Gasteiger partial charge on any atom is 0.326 e. The number of carbonyl (C=O) groups is 2. The predicted molar refractivity (Wildman–Crippen MR) is 52.5 cm³/mol. The van der Waals surface area contributed by atoms with Gasteiger partial charge in [0, 0.05) is 27.2 Å². The Kier molecular flexibility index (Phi) is 6.64. The van der Waals surface area contributed by atoms with Crippen LogP contribution in [0.4, 0.5) is 0 Å². The van der Waals surface area contributed by atoms with Crippen LogP contribution in [0.2, 0.25) is 0 Å². The van der Waals surface area contributed by atoms with Crippen LogP contribution in [0.15, 0.2) is 0 Å². The molecule has 0 spiro atoms. The maximum absolute atomic E-state index is 11.3. The summed E-state index contributed by atoms with van der Waals surface area (Å²) in [6.45, 7) is 1.82. The second-order valence-electron chi connectivity index (χ2n) is 3.06. The zero-order valence-corrected chi connectivity index (χ0v) is 9.15. The first-order valence-corrected chi connectivity index (χ1v) is 4.57. The summed E-state index contributed by atoms with van der Waals surface area (Å²) in [7, 11) is 2.85. The molecule has 2 N–H and O–H groups in total. The Morgan fingerprint density at radius 1 is 1.40 bits per heavy atom. The smallest absolute Gasteiger partial charge is 0.326 e. The third-order valence-corrected chi connectivity index (χ3v) is 1.95.